The number of hydrogen-bond donors (Lipinski definition) is 2. The van der Waals surface area contributed by atoms with Gasteiger partial charge in [0, 0.05) is 41.6 Å². The zero-order valence-electron chi connectivity index (χ0n) is 17.1. The normalized spacial score (nSPS) is 11.0. The van der Waals surface area contributed by atoms with Crippen LogP contribution in [0, 0.1) is 19.7 Å². The Morgan fingerprint density at radius 1 is 1.17 bits per heavy atom. The topological polar surface area (TPSA) is 63.5 Å². The number of methoxy groups -OCH3 is 1. The van der Waals surface area contributed by atoms with Gasteiger partial charge in [-0.3, -0.25) is 0 Å². The molecule has 3 aromatic rings. The maximum Gasteiger partial charge on any atom is 0.337 e. The molecule has 2 N–H and O–H groups in total. The van der Waals surface area contributed by atoms with E-state index in [0.29, 0.717) is 30.4 Å². The average Bonchev–Trinajstić information content (AvgIpc) is 2.94. The number of nitrogens with one attached hydrogen (secondary N) is 1. The first-order chi connectivity index (χ1) is 14.3. The monoisotopic (exact) mass is 430 g/mol. The predicted molar refractivity (Wildman–Crippen MR) is 115 cm³/mol. The van der Waals surface area contributed by atoms with E-state index in [4.69, 9.17) is 16.3 Å². The lowest BCUT2D eigenvalue weighted by Crippen LogP contribution is -2.15. The first kappa shape index (κ1) is 21.9. The maximum atomic E-state index is 13.4. The first-order valence-corrected chi connectivity index (χ1v) is 9.89. The second-order valence-electron chi connectivity index (χ2n) is 7.11. The molecule has 1 heterocycles. The van der Waals surface area contributed by atoms with Crippen molar-refractivity contribution < 1.29 is 19.0 Å². The molecule has 2 aromatic carbocycles. The third-order valence-corrected chi connectivity index (χ3v) is 5.58. The molecule has 5 nitrogen and oxygen atoms in total. The van der Waals surface area contributed by atoms with Crippen LogP contribution in [0.1, 0.15) is 38.4 Å². The van der Waals surface area contributed by atoms with Crippen molar-refractivity contribution in [1.82, 2.24) is 9.88 Å². The Morgan fingerprint density at radius 3 is 2.60 bits per heavy atom. The SMILES string of the molecule is COc1cccc(CNCc2c(C(=O)O)c(C)n(Cc3ccc(F)cc3Cl)c2C)c1. The summed E-state index contributed by atoms with van der Waals surface area (Å²) in [5.41, 5.74) is 4.25. The molecule has 158 valence electrons. The molecular formula is C23H24ClFN2O3. The van der Waals surface area contributed by atoms with Crippen LogP contribution < -0.4 is 10.1 Å². The van der Waals surface area contributed by atoms with E-state index in [1.165, 1.54) is 12.1 Å². The molecule has 0 aliphatic rings. The van der Waals surface area contributed by atoms with Crippen molar-refractivity contribution in [3.05, 3.63) is 86.9 Å². The molecule has 1 aromatic heterocycles. The molecular weight excluding hydrogens is 407 g/mol. The van der Waals surface area contributed by atoms with Gasteiger partial charge >= 0.3 is 5.97 Å². The van der Waals surface area contributed by atoms with E-state index >= 15 is 0 Å². The van der Waals surface area contributed by atoms with Gasteiger partial charge < -0.3 is 19.7 Å². The van der Waals surface area contributed by atoms with Crippen LogP contribution in [0.3, 0.4) is 0 Å². The van der Waals surface area contributed by atoms with E-state index in [1.54, 1.807) is 20.1 Å². The van der Waals surface area contributed by atoms with Crippen LogP contribution in [-0.2, 0) is 19.6 Å². The smallest absolute Gasteiger partial charge is 0.337 e. The molecule has 7 heteroatoms. The van der Waals surface area contributed by atoms with Crippen molar-refractivity contribution in [2.24, 2.45) is 0 Å². The number of aromatic carboxylic acids is 1. The van der Waals surface area contributed by atoms with Crippen molar-refractivity contribution in [2.45, 2.75) is 33.5 Å². The highest BCUT2D eigenvalue weighted by atomic mass is 35.5. The number of carbonyl (C=O) groups is 1. The number of benzene rings is 2. The molecule has 30 heavy (non-hydrogen) atoms. The summed E-state index contributed by atoms with van der Waals surface area (Å²) in [6, 6.07) is 11.9. The largest absolute Gasteiger partial charge is 0.497 e. The van der Waals surface area contributed by atoms with Gasteiger partial charge in [-0.05, 0) is 49.2 Å². The van der Waals surface area contributed by atoms with Gasteiger partial charge in [0.1, 0.15) is 11.6 Å². The van der Waals surface area contributed by atoms with Gasteiger partial charge in [-0.25, -0.2) is 9.18 Å². The number of rotatable bonds is 8. The molecule has 0 bridgehead atoms. The fourth-order valence-electron chi connectivity index (χ4n) is 3.62. The van der Waals surface area contributed by atoms with Crippen molar-refractivity contribution >= 4 is 17.6 Å². The number of halogens is 2. The molecule has 0 saturated carbocycles. The van der Waals surface area contributed by atoms with E-state index in [1.807, 2.05) is 35.8 Å². The molecule has 0 radical (unpaired) electrons. The summed E-state index contributed by atoms with van der Waals surface area (Å²) in [6.07, 6.45) is 0. The van der Waals surface area contributed by atoms with Gasteiger partial charge in [0.2, 0.25) is 0 Å². The molecule has 0 aliphatic heterocycles. The number of carboxylic acids is 1. The van der Waals surface area contributed by atoms with E-state index in [2.05, 4.69) is 5.32 Å². The summed E-state index contributed by atoms with van der Waals surface area (Å²) in [6.45, 7) is 5.01. The number of aromatic nitrogens is 1. The summed E-state index contributed by atoms with van der Waals surface area (Å²) in [4.78, 5) is 12.0. The molecule has 0 saturated heterocycles. The van der Waals surface area contributed by atoms with Crippen LogP contribution in [0.2, 0.25) is 5.02 Å². The van der Waals surface area contributed by atoms with Crippen LogP contribution in [-0.4, -0.2) is 22.8 Å². The second-order valence-corrected chi connectivity index (χ2v) is 7.51. The van der Waals surface area contributed by atoms with Crippen LogP contribution in [0.15, 0.2) is 42.5 Å². The van der Waals surface area contributed by atoms with Crippen LogP contribution in [0.25, 0.3) is 0 Å². The van der Waals surface area contributed by atoms with Gasteiger partial charge in [0.15, 0.2) is 0 Å². The third-order valence-electron chi connectivity index (χ3n) is 5.23. The Balaban J connectivity index is 1.84. The molecule has 0 spiro atoms. The van der Waals surface area contributed by atoms with Crippen LogP contribution >= 0.6 is 11.6 Å². The highest BCUT2D eigenvalue weighted by molar-refractivity contribution is 6.31. The Kier molecular flexibility index (Phi) is 6.80. The average molecular weight is 431 g/mol. The summed E-state index contributed by atoms with van der Waals surface area (Å²) >= 11 is 6.18. The molecule has 0 atom stereocenters. The maximum absolute atomic E-state index is 13.4. The Morgan fingerprint density at radius 2 is 1.93 bits per heavy atom. The van der Waals surface area contributed by atoms with Gasteiger partial charge in [-0.2, -0.15) is 0 Å². The number of carboxylic acid groups (broad SMARTS) is 1. The van der Waals surface area contributed by atoms with Crippen molar-refractivity contribution in [3.8, 4) is 5.75 Å². The minimum absolute atomic E-state index is 0.281. The van der Waals surface area contributed by atoms with E-state index in [0.717, 1.165) is 28.1 Å². The molecule has 0 unspecified atom stereocenters. The van der Waals surface area contributed by atoms with Gasteiger partial charge in [0.25, 0.3) is 0 Å². The number of nitrogens with zero attached hydrogens (tertiary/aromatic N) is 1. The fourth-order valence-corrected chi connectivity index (χ4v) is 3.85. The molecule has 3 rings (SSSR count). The van der Waals surface area contributed by atoms with E-state index < -0.39 is 11.8 Å². The van der Waals surface area contributed by atoms with Gasteiger partial charge in [-0.1, -0.05) is 29.8 Å². The van der Waals surface area contributed by atoms with Gasteiger partial charge in [-0.15, -0.1) is 0 Å². The highest BCUT2D eigenvalue weighted by Crippen LogP contribution is 2.26. The lowest BCUT2D eigenvalue weighted by atomic mass is 10.1. The summed E-state index contributed by atoms with van der Waals surface area (Å²) in [7, 11) is 1.62. The summed E-state index contributed by atoms with van der Waals surface area (Å²) in [5.74, 6) is -0.606. The first-order valence-electron chi connectivity index (χ1n) is 9.51. The molecule has 0 aliphatic carbocycles. The second kappa shape index (κ2) is 9.32. The minimum atomic E-state index is -0.974. The zero-order chi connectivity index (χ0) is 21.8. The van der Waals surface area contributed by atoms with Crippen molar-refractivity contribution in [3.63, 3.8) is 0 Å². The van der Waals surface area contributed by atoms with Crippen LogP contribution in [0.5, 0.6) is 5.75 Å². The minimum Gasteiger partial charge on any atom is -0.497 e. The van der Waals surface area contributed by atoms with E-state index in [9.17, 15) is 14.3 Å². The lowest BCUT2D eigenvalue weighted by molar-refractivity contribution is 0.0694. The third kappa shape index (κ3) is 4.66. The van der Waals surface area contributed by atoms with Gasteiger partial charge in [0.05, 0.1) is 12.7 Å². The van der Waals surface area contributed by atoms with E-state index in [-0.39, 0.29) is 5.56 Å². The Labute approximate surface area is 180 Å². The highest BCUT2D eigenvalue weighted by Gasteiger charge is 2.22. The quantitative estimate of drug-likeness (QED) is 0.531. The number of hydrogen-bond acceptors (Lipinski definition) is 3. The molecule has 0 amide bonds. The summed E-state index contributed by atoms with van der Waals surface area (Å²) in [5, 5.41) is 13.4. The zero-order valence-corrected chi connectivity index (χ0v) is 17.9. The predicted octanol–water partition coefficient (Wildman–Crippen LogP) is 4.94. The Hall–Kier alpha value is -2.83. The summed E-state index contributed by atoms with van der Waals surface area (Å²) < 4.78 is 20.5. The standard InChI is InChI=1S/C23H24ClFN2O3/c1-14-20(12-26-11-16-5-4-6-19(9-16)30-3)22(23(28)29)15(2)27(14)13-17-7-8-18(25)10-21(17)24/h4-10,26H,11-13H2,1-3H3,(H,28,29). The molecule has 0 fully saturated rings. The Bertz CT molecular complexity index is 1080. The van der Waals surface area contributed by atoms with Crippen LogP contribution in [0.4, 0.5) is 4.39 Å². The van der Waals surface area contributed by atoms with Crippen molar-refractivity contribution in [1.29, 1.82) is 0 Å². The lowest BCUT2D eigenvalue weighted by Gasteiger charge is -2.12. The fraction of sp³-hybridized carbons (Fsp3) is 0.261. The number of ether oxygens (including phenoxy) is 1. The van der Waals surface area contributed by atoms with Crippen molar-refractivity contribution in [2.75, 3.05) is 7.11 Å².